The lowest BCUT2D eigenvalue weighted by Gasteiger charge is -2.23. The number of rotatable bonds is 7. The van der Waals surface area contributed by atoms with Crippen LogP contribution in [0.2, 0.25) is 5.02 Å². The predicted octanol–water partition coefficient (Wildman–Crippen LogP) is 8.80. The van der Waals surface area contributed by atoms with Gasteiger partial charge in [-0.1, -0.05) is 86.8 Å². The summed E-state index contributed by atoms with van der Waals surface area (Å²) in [6.07, 6.45) is 11.0. The minimum Gasteiger partial charge on any atom is -0.256 e. The molecule has 32 heavy (non-hydrogen) atoms. The fourth-order valence-corrected chi connectivity index (χ4v) is 4.94. The van der Waals surface area contributed by atoms with E-state index >= 15 is 0 Å². The van der Waals surface area contributed by atoms with Crippen LogP contribution in [0, 0.1) is 5.82 Å². The van der Waals surface area contributed by atoms with Crippen molar-refractivity contribution in [2.24, 2.45) is 0 Å². The summed E-state index contributed by atoms with van der Waals surface area (Å²) in [7, 11) is 0. The van der Waals surface area contributed by atoms with Gasteiger partial charge in [0.05, 0.1) is 10.7 Å². The van der Waals surface area contributed by atoms with E-state index < -0.39 is 0 Å². The fourth-order valence-electron chi connectivity index (χ4n) is 4.64. The molecule has 0 spiro atoms. The molecule has 1 heterocycles. The Hall–Kier alpha value is -2.45. The van der Waals surface area contributed by atoms with Crippen molar-refractivity contribution in [2.45, 2.75) is 64.7 Å². The Labute approximate surface area is 196 Å². The average molecular weight is 448 g/mol. The highest BCUT2D eigenvalue weighted by atomic mass is 35.5. The molecule has 0 fully saturated rings. The molecule has 3 aromatic rings. The van der Waals surface area contributed by atoms with Crippen LogP contribution in [0.3, 0.4) is 0 Å². The van der Waals surface area contributed by atoms with Crippen molar-refractivity contribution in [3.8, 4) is 11.3 Å². The molecule has 1 aliphatic rings. The van der Waals surface area contributed by atoms with Crippen molar-refractivity contribution < 1.29 is 4.39 Å². The number of hydrogen-bond donors (Lipinski definition) is 0. The summed E-state index contributed by atoms with van der Waals surface area (Å²) in [4.78, 5) is 4.63. The quantitative estimate of drug-likeness (QED) is 0.352. The zero-order valence-corrected chi connectivity index (χ0v) is 19.8. The third-order valence-corrected chi connectivity index (χ3v) is 6.85. The number of nitrogens with zero attached hydrogens (tertiary/aromatic N) is 1. The summed E-state index contributed by atoms with van der Waals surface area (Å²) in [5.41, 5.74) is 7.55. The lowest BCUT2D eigenvalue weighted by Crippen LogP contribution is -2.05. The standard InChI is InChI=1S/C29H31ClFN/c1-3-5-20-7-18-27(32-19-20)24-14-10-22(11-15-24)21-8-12-23(13-9-21)26-17-16-25(6-4-2)29(31)28(26)30/h7,10-12,14-19,21H,3-6,8-9,13H2,1-2H3. The van der Waals surface area contributed by atoms with Crippen molar-refractivity contribution in [2.75, 3.05) is 0 Å². The van der Waals surface area contributed by atoms with Gasteiger partial charge in [-0.25, -0.2) is 4.39 Å². The Morgan fingerprint density at radius 3 is 2.38 bits per heavy atom. The lowest BCUT2D eigenvalue weighted by atomic mass is 9.82. The van der Waals surface area contributed by atoms with Crippen molar-refractivity contribution in [3.05, 3.63) is 93.9 Å². The second-order valence-corrected chi connectivity index (χ2v) is 9.15. The molecule has 0 amide bonds. The third kappa shape index (κ3) is 4.96. The molecule has 1 atom stereocenters. The molecule has 0 radical (unpaired) electrons. The lowest BCUT2D eigenvalue weighted by molar-refractivity contribution is 0.605. The first kappa shape index (κ1) is 22.7. The maximum absolute atomic E-state index is 14.6. The molecule has 1 aromatic heterocycles. The summed E-state index contributed by atoms with van der Waals surface area (Å²) in [6, 6.07) is 17.0. The highest BCUT2D eigenvalue weighted by Crippen LogP contribution is 2.39. The van der Waals surface area contributed by atoms with Gasteiger partial charge in [0, 0.05) is 11.8 Å². The molecular weight excluding hydrogens is 417 g/mol. The Morgan fingerprint density at radius 2 is 1.75 bits per heavy atom. The molecule has 0 N–H and O–H groups in total. The van der Waals surface area contributed by atoms with Crippen LogP contribution < -0.4 is 0 Å². The van der Waals surface area contributed by atoms with E-state index in [9.17, 15) is 4.39 Å². The second-order valence-electron chi connectivity index (χ2n) is 8.77. The maximum atomic E-state index is 14.6. The summed E-state index contributed by atoms with van der Waals surface area (Å²) < 4.78 is 14.6. The molecule has 1 aliphatic carbocycles. The van der Waals surface area contributed by atoms with E-state index in [1.807, 2.05) is 18.3 Å². The van der Waals surface area contributed by atoms with Crippen LogP contribution in [-0.2, 0) is 12.8 Å². The number of aryl methyl sites for hydroxylation is 2. The molecule has 2 aromatic carbocycles. The van der Waals surface area contributed by atoms with E-state index in [2.05, 4.69) is 61.3 Å². The molecule has 0 aliphatic heterocycles. The summed E-state index contributed by atoms with van der Waals surface area (Å²) in [6.45, 7) is 4.24. The van der Waals surface area contributed by atoms with Crippen LogP contribution >= 0.6 is 11.6 Å². The smallest absolute Gasteiger partial charge is 0.145 e. The predicted molar refractivity (Wildman–Crippen MR) is 134 cm³/mol. The number of allylic oxidation sites excluding steroid dienone is 2. The van der Waals surface area contributed by atoms with Crippen molar-refractivity contribution >= 4 is 17.2 Å². The van der Waals surface area contributed by atoms with Crippen molar-refractivity contribution in [1.29, 1.82) is 0 Å². The Bertz CT molecular complexity index is 1080. The SMILES string of the molecule is CCCc1ccc(-c2ccc(C3CC=C(c4ccc(CCC)c(F)c4Cl)CC3)cc2)nc1. The van der Waals surface area contributed by atoms with E-state index in [4.69, 9.17) is 11.6 Å². The van der Waals surface area contributed by atoms with Crippen LogP contribution in [0.4, 0.5) is 4.39 Å². The average Bonchev–Trinajstić information content (AvgIpc) is 2.83. The first-order valence-electron chi connectivity index (χ1n) is 11.8. The Morgan fingerprint density at radius 1 is 0.969 bits per heavy atom. The van der Waals surface area contributed by atoms with E-state index in [1.54, 1.807) is 0 Å². The van der Waals surface area contributed by atoms with Gasteiger partial charge in [0.25, 0.3) is 0 Å². The van der Waals surface area contributed by atoms with Gasteiger partial charge in [-0.05, 0) is 71.9 Å². The summed E-state index contributed by atoms with van der Waals surface area (Å²) in [5.74, 6) is 0.233. The molecule has 0 saturated carbocycles. The normalized spacial score (nSPS) is 16.1. The van der Waals surface area contributed by atoms with Gasteiger partial charge in [-0.15, -0.1) is 0 Å². The van der Waals surface area contributed by atoms with Gasteiger partial charge < -0.3 is 0 Å². The molecule has 0 bridgehead atoms. The number of benzene rings is 2. The van der Waals surface area contributed by atoms with Crippen LogP contribution in [-0.4, -0.2) is 4.98 Å². The Balaban J connectivity index is 1.45. The number of hydrogen-bond acceptors (Lipinski definition) is 1. The third-order valence-electron chi connectivity index (χ3n) is 6.48. The van der Waals surface area contributed by atoms with Crippen molar-refractivity contribution in [3.63, 3.8) is 0 Å². The van der Waals surface area contributed by atoms with Gasteiger partial charge in [0.1, 0.15) is 5.82 Å². The molecule has 0 saturated heterocycles. The molecule has 1 unspecified atom stereocenters. The van der Waals surface area contributed by atoms with E-state index in [-0.39, 0.29) is 10.8 Å². The van der Waals surface area contributed by atoms with Crippen molar-refractivity contribution in [1.82, 2.24) is 4.98 Å². The topological polar surface area (TPSA) is 12.9 Å². The summed E-state index contributed by atoms with van der Waals surface area (Å²) in [5, 5.41) is 0.280. The van der Waals surface area contributed by atoms with Crippen LogP contribution in [0.15, 0.2) is 60.8 Å². The fraction of sp³-hybridized carbons (Fsp3) is 0.345. The van der Waals surface area contributed by atoms with Gasteiger partial charge in [0.2, 0.25) is 0 Å². The molecular formula is C29H31ClFN. The second kappa shape index (κ2) is 10.4. The molecule has 4 rings (SSSR count). The largest absolute Gasteiger partial charge is 0.256 e. The minimum absolute atomic E-state index is 0.249. The van der Waals surface area contributed by atoms with E-state index in [0.717, 1.165) is 61.8 Å². The van der Waals surface area contributed by atoms with E-state index in [1.165, 1.54) is 16.7 Å². The molecule has 3 heteroatoms. The maximum Gasteiger partial charge on any atom is 0.145 e. The molecule has 166 valence electrons. The zero-order valence-electron chi connectivity index (χ0n) is 19.0. The highest BCUT2D eigenvalue weighted by molar-refractivity contribution is 6.32. The van der Waals surface area contributed by atoms with E-state index in [0.29, 0.717) is 11.5 Å². The van der Waals surface area contributed by atoms with Gasteiger partial charge in [0.15, 0.2) is 0 Å². The summed E-state index contributed by atoms with van der Waals surface area (Å²) >= 11 is 6.40. The van der Waals surface area contributed by atoms with Gasteiger partial charge in [-0.2, -0.15) is 0 Å². The zero-order chi connectivity index (χ0) is 22.5. The first-order valence-corrected chi connectivity index (χ1v) is 12.2. The van der Waals surface area contributed by atoms with Gasteiger partial charge in [-0.3, -0.25) is 4.98 Å². The number of aromatic nitrogens is 1. The number of pyridine rings is 1. The number of halogens is 2. The van der Waals surface area contributed by atoms with Crippen LogP contribution in [0.1, 0.15) is 74.1 Å². The first-order chi connectivity index (χ1) is 15.6. The minimum atomic E-state index is -0.249. The Kier molecular flexibility index (Phi) is 7.42. The monoisotopic (exact) mass is 447 g/mol. The molecule has 1 nitrogen and oxygen atoms in total. The van der Waals surface area contributed by atoms with Crippen LogP contribution in [0.5, 0.6) is 0 Å². The van der Waals surface area contributed by atoms with Gasteiger partial charge >= 0.3 is 0 Å². The van der Waals surface area contributed by atoms with Crippen LogP contribution in [0.25, 0.3) is 16.8 Å². The highest BCUT2D eigenvalue weighted by Gasteiger charge is 2.20.